The molecule has 0 aliphatic carbocycles. The van der Waals surface area contributed by atoms with Crippen molar-refractivity contribution in [2.75, 3.05) is 24.5 Å². The van der Waals surface area contributed by atoms with Crippen LogP contribution in [0.3, 0.4) is 0 Å². The molecule has 1 fully saturated rings. The van der Waals surface area contributed by atoms with Crippen LogP contribution in [0.1, 0.15) is 12.6 Å². The zero-order chi connectivity index (χ0) is 13.2. The van der Waals surface area contributed by atoms with Crippen molar-refractivity contribution in [1.29, 1.82) is 5.26 Å². The zero-order valence-electron chi connectivity index (χ0n) is 10.8. The highest BCUT2D eigenvalue weighted by Gasteiger charge is 2.27. The van der Waals surface area contributed by atoms with Gasteiger partial charge in [-0.1, -0.05) is 18.2 Å². The van der Waals surface area contributed by atoms with Gasteiger partial charge in [0.15, 0.2) is 5.69 Å². The monoisotopic (exact) mass is 253 g/mol. The predicted octanol–water partition coefficient (Wildman–Crippen LogP) is 1.30. The average Bonchev–Trinajstić information content (AvgIpc) is 2.41. The Balaban J connectivity index is 2.21. The van der Waals surface area contributed by atoms with Crippen LogP contribution in [0, 0.1) is 11.3 Å². The van der Waals surface area contributed by atoms with E-state index < -0.39 is 0 Å². The molecule has 0 radical (unpaired) electrons. The van der Waals surface area contributed by atoms with Crippen LogP contribution in [0.2, 0.25) is 0 Å². The highest BCUT2D eigenvalue weighted by atomic mass is 15.3. The van der Waals surface area contributed by atoms with Gasteiger partial charge in [-0.15, -0.1) is 10.2 Å². The lowest BCUT2D eigenvalue weighted by molar-refractivity contribution is 0.417. The van der Waals surface area contributed by atoms with E-state index in [0.717, 1.165) is 36.2 Å². The van der Waals surface area contributed by atoms with Crippen molar-refractivity contribution < 1.29 is 0 Å². The molecule has 1 saturated heterocycles. The molecule has 1 N–H and O–H groups in total. The largest absolute Gasteiger partial charge is 0.363 e. The third-order valence-electron chi connectivity index (χ3n) is 3.58. The maximum Gasteiger partial charge on any atom is 0.187 e. The van der Waals surface area contributed by atoms with Gasteiger partial charge in [0.05, 0.1) is 17.2 Å². The molecule has 1 aliphatic heterocycles. The SMILES string of the molecule is CCN(c1c(C#N)nnc2ccccc12)C1CNC1. The first-order chi connectivity index (χ1) is 9.35. The summed E-state index contributed by atoms with van der Waals surface area (Å²) in [5.41, 5.74) is 2.16. The topological polar surface area (TPSA) is 64.8 Å². The van der Waals surface area contributed by atoms with E-state index in [2.05, 4.69) is 33.4 Å². The number of fused-ring (bicyclic) bond motifs is 1. The summed E-state index contributed by atoms with van der Waals surface area (Å²) in [5, 5.41) is 21.8. The van der Waals surface area contributed by atoms with Crippen LogP contribution in [-0.4, -0.2) is 35.9 Å². The number of nitriles is 1. The van der Waals surface area contributed by atoms with Crippen LogP contribution >= 0.6 is 0 Å². The predicted molar refractivity (Wildman–Crippen MR) is 73.9 cm³/mol. The number of hydrogen-bond donors (Lipinski definition) is 1. The molecule has 19 heavy (non-hydrogen) atoms. The summed E-state index contributed by atoms with van der Waals surface area (Å²) in [5.74, 6) is 0. The minimum atomic E-state index is 0.410. The fourth-order valence-corrected chi connectivity index (χ4v) is 2.50. The average molecular weight is 253 g/mol. The Morgan fingerprint density at radius 3 is 2.79 bits per heavy atom. The van der Waals surface area contributed by atoms with Gasteiger partial charge in [0.25, 0.3) is 0 Å². The molecular formula is C14H15N5. The second-order valence-electron chi connectivity index (χ2n) is 4.62. The quantitative estimate of drug-likeness (QED) is 0.893. The first-order valence-corrected chi connectivity index (χ1v) is 6.48. The van der Waals surface area contributed by atoms with Crippen molar-refractivity contribution in [3.63, 3.8) is 0 Å². The third kappa shape index (κ3) is 1.90. The van der Waals surface area contributed by atoms with Crippen LogP contribution in [0.4, 0.5) is 5.69 Å². The summed E-state index contributed by atoms with van der Waals surface area (Å²) in [6.45, 7) is 4.87. The van der Waals surface area contributed by atoms with Crippen LogP contribution < -0.4 is 10.2 Å². The van der Waals surface area contributed by atoms with Crippen molar-refractivity contribution in [2.24, 2.45) is 0 Å². The molecule has 96 valence electrons. The molecule has 1 aromatic carbocycles. The fraction of sp³-hybridized carbons (Fsp3) is 0.357. The summed E-state index contributed by atoms with van der Waals surface area (Å²) >= 11 is 0. The normalized spacial score (nSPS) is 14.9. The van der Waals surface area contributed by atoms with Crippen molar-refractivity contribution in [3.8, 4) is 6.07 Å². The van der Waals surface area contributed by atoms with Crippen molar-refractivity contribution in [3.05, 3.63) is 30.0 Å². The number of aromatic nitrogens is 2. The van der Waals surface area contributed by atoms with Crippen LogP contribution in [0.25, 0.3) is 10.9 Å². The molecule has 2 heterocycles. The molecule has 0 saturated carbocycles. The van der Waals surface area contributed by atoms with Gasteiger partial charge in [0, 0.05) is 25.0 Å². The van der Waals surface area contributed by atoms with Gasteiger partial charge in [0.1, 0.15) is 6.07 Å². The minimum Gasteiger partial charge on any atom is -0.363 e. The molecule has 1 aliphatic rings. The van der Waals surface area contributed by atoms with E-state index in [9.17, 15) is 5.26 Å². The molecule has 5 heteroatoms. The molecule has 0 spiro atoms. The first kappa shape index (κ1) is 11.9. The molecule has 0 atom stereocenters. The molecule has 0 bridgehead atoms. The Morgan fingerprint density at radius 1 is 1.37 bits per heavy atom. The number of nitrogens with one attached hydrogen (secondary N) is 1. The van der Waals surface area contributed by atoms with Gasteiger partial charge in [-0.2, -0.15) is 5.26 Å². The van der Waals surface area contributed by atoms with Gasteiger partial charge in [0.2, 0.25) is 0 Å². The Kier molecular flexibility index (Phi) is 3.02. The fourth-order valence-electron chi connectivity index (χ4n) is 2.50. The van der Waals surface area contributed by atoms with Gasteiger partial charge < -0.3 is 10.2 Å². The smallest absolute Gasteiger partial charge is 0.187 e. The van der Waals surface area contributed by atoms with Crippen molar-refractivity contribution in [1.82, 2.24) is 15.5 Å². The van der Waals surface area contributed by atoms with Crippen LogP contribution in [0.5, 0.6) is 0 Å². The van der Waals surface area contributed by atoms with E-state index in [0.29, 0.717) is 11.7 Å². The first-order valence-electron chi connectivity index (χ1n) is 6.48. The number of anilines is 1. The van der Waals surface area contributed by atoms with E-state index in [1.807, 2.05) is 24.3 Å². The second kappa shape index (κ2) is 4.82. The zero-order valence-corrected chi connectivity index (χ0v) is 10.8. The highest BCUT2D eigenvalue weighted by molar-refractivity contribution is 5.93. The minimum absolute atomic E-state index is 0.410. The molecule has 3 rings (SSSR count). The lowest BCUT2D eigenvalue weighted by Gasteiger charge is -2.39. The van der Waals surface area contributed by atoms with E-state index >= 15 is 0 Å². The van der Waals surface area contributed by atoms with Crippen LogP contribution in [0.15, 0.2) is 24.3 Å². The highest BCUT2D eigenvalue weighted by Crippen LogP contribution is 2.29. The number of nitrogens with zero attached hydrogens (tertiary/aromatic N) is 4. The van der Waals surface area contributed by atoms with Crippen LogP contribution in [-0.2, 0) is 0 Å². The summed E-state index contributed by atoms with van der Waals surface area (Å²) in [6, 6.07) is 10.5. The molecule has 5 nitrogen and oxygen atoms in total. The lowest BCUT2D eigenvalue weighted by atomic mass is 10.1. The number of benzene rings is 1. The lowest BCUT2D eigenvalue weighted by Crippen LogP contribution is -2.57. The van der Waals surface area contributed by atoms with Gasteiger partial charge >= 0.3 is 0 Å². The Labute approximate surface area is 111 Å². The molecule has 0 unspecified atom stereocenters. The maximum absolute atomic E-state index is 9.30. The number of hydrogen-bond acceptors (Lipinski definition) is 5. The Hall–Kier alpha value is -2.19. The van der Waals surface area contributed by atoms with Crippen molar-refractivity contribution >= 4 is 16.6 Å². The van der Waals surface area contributed by atoms with Gasteiger partial charge in [-0.25, -0.2) is 0 Å². The molecular weight excluding hydrogens is 238 g/mol. The Bertz CT molecular complexity index is 642. The standard InChI is InChI=1S/C14H15N5/c1-2-19(10-8-16-9-10)14-11-5-3-4-6-12(11)17-18-13(14)7-15/h3-6,10,16H,2,8-9H2,1H3. The molecule has 2 aromatic rings. The number of likely N-dealkylation sites (N-methyl/N-ethyl adjacent to an activating group) is 1. The van der Waals surface area contributed by atoms with E-state index in [-0.39, 0.29) is 0 Å². The van der Waals surface area contributed by atoms with Gasteiger partial charge in [-0.3, -0.25) is 0 Å². The summed E-state index contributed by atoms with van der Waals surface area (Å²) in [6.07, 6.45) is 0. The summed E-state index contributed by atoms with van der Waals surface area (Å²) in [7, 11) is 0. The van der Waals surface area contributed by atoms with E-state index in [1.165, 1.54) is 0 Å². The summed E-state index contributed by atoms with van der Waals surface area (Å²) in [4.78, 5) is 2.26. The van der Waals surface area contributed by atoms with Crippen molar-refractivity contribution in [2.45, 2.75) is 13.0 Å². The third-order valence-corrected chi connectivity index (χ3v) is 3.58. The van der Waals surface area contributed by atoms with E-state index in [4.69, 9.17) is 0 Å². The van der Waals surface area contributed by atoms with Gasteiger partial charge in [-0.05, 0) is 13.0 Å². The Morgan fingerprint density at radius 2 is 2.16 bits per heavy atom. The van der Waals surface area contributed by atoms with E-state index in [1.54, 1.807) is 0 Å². The maximum atomic E-state index is 9.30. The number of rotatable bonds is 3. The summed E-state index contributed by atoms with van der Waals surface area (Å²) < 4.78 is 0. The molecule has 1 aromatic heterocycles. The second-order valence-corrected chi connectivity index (χ2v) is 4.62. The molecule has 0 amide bonds.